The number of terminal acetylenes is 1. The minimum absolute atomic E-state index is 0.351. The van der Waals surface area contributed by atoms with Crippen molar-refractivity contribution in [1.29, 1.82) is 0 Å². The summed E-state index contributed by atoms with van der Waals surface area (Å²) in [5.74, 6) is -1.28. The summed E-state index contributed by atoms with van der Waals surface area (Å²) in [5, 5.41) is 2.46. The molecule has 1 amide bonds. The first-order chi connectivity index (χ1) is 5.94. The van der Waals surface area contributed by atoms with E-state index in [9.17, 15) is 13.6 Å². The Balaban J connectivity index is 2.32. The van der Waals surface area contributed by atoms with Crippen LogP contribution in [0.5, 0.6) is 0 Å². The highest BCUT2D eigenvalue weighted by Crippen LogP contribution is 2.42. The highest BCUT2D eigenvalue weighted by Gasteiger charge is 2.48. The predicted octanol–water partition coefficient (Wildman–Crippen LogP) is 1.17. The number of nitrogens with one attached hydrogen (secondary N) is 1. The molecule has 1 atom stereocenters. The molecule has 72 valence electrons. The average Bonchev–Trinajstić information content (AvgIpc) is 1.99. The van der Waals surface area contributed by atoms with Gasteiger partial charge in [-0.15, -0.1) is 6.42 Å². The first-order valence-electron chi connectivity index (χ1n) is 4.09. The van der Waals surface area contributed by atoms with Crippen LogP contribution in [0.4, 0.5) is 8.78 Å². The Morgan fingerprint density at radius 2 is 2.23 bits per heavy atom. The molecule has 2 nitrogen and oxygen atoms in total. The van der Waals surface area contributed by atoms with E-state index in [2.05, 4.69) is 11.2 Å². The lowest BCUT2D eigenvalue weighted by Gasteiger charge is -2.33. The summed E-state index contributed by atoms with van der Waals surface area (Å²) in [4.78, 5) is 11.1. The third-order valence-corrected chi connectivity index (χ3v) is 2.07. The van der Waals surface area contributed by atoms with Crippen LogP contribution < -0.4 is 5.32 Å². The van der Waals surface area contributed by atoms with Gasteiger partial charge in [-0.3, -0.25) is 4.79 Å². The van der Waals surface area contributed by atoms with E-state index in [0.717, 1.165) is 0 Å². The summed E-state index contributed by atoms with van der Waals surface area (Å²) in [7, 11) is 0. The molecule has 0 spiro atoms. The zero-order chi connectivity index (χ0) is 10.1. The van der Waals surface area contributed by atoms with Crippen molar-refractivity contribution in [3.8, 4) is 12.3 Å². The molecular weight excluding hydrogens is 176 g/mol. The summed E-state index contributed by atoms with van der Waals surface area (Å²) in [5.41, 5.74) is 0. The molecule has 1 aliphatic carbocycles. The zero-order valence-electron chi connectivity index (χ0n) is 7.31. The van der Waals surface area contributed by atoms with Crippen LogP contribution in [0.15, 0.2) is 0 Å². The maximum atomic E-state index is 12.3. The average molecular weight is 187 g/mol. The van der Waals surface area contributed by atoms with Gasteiger partial charge in [-0.25, -0.2) is 8.78 Å². The molecule has 1 aliphatic rings. The molecule has 0 aliphatic heterocycles. The van der Waals surface area contributed by atoms with Crippen LogP contribution in [0.25, 0.3) is 0 Å². The lowest BCUT2D eigenvalue weighted by atomic mass is 9.80. The van der Waals surface area contributed by atoms with Crippen LogP contribution >= 0.6 is 0 Å². The minimum Gasteiger partial charge on any atom is -0.343 e. The van der Waals surface area contributed by atoms with E-state index in [1.54, 1.807) is 6.92 Å². The van der Waals surface area contributed by atoms with Gasteiger partial charge in [-0.1, -0.05) is 5.92 Å². The molecule has 1 saturated carbocycles. The molecule has 0 heterocycles. The van der Waals surface area contributed by atoms with Crippen LogP contribution in [-0.2, 0) is 4.79 Å². The highest BCUT2D eigenvalue weighted by atomic mass is 19.3. The van der Waals surface area contributed by atoms with Gasteiger partial charge in [0.25, 0.3) is 0 Å². The molecule has 0 bridgehead atoms. The van der Waals surface area contributed by atoms with Crippen molar-refractivity contribution in [3.63, 3.8) is 0 Å². The number of hydrogen-bond acceptors (Lipinski definition) is 1. The molecule has 1 fully saturated rings. The monoisotopic (exact) mass is 187 g/mol. The van der Waals surface area contributed by atoms with Crippen molar-refractivity contribution in [1.82, 2.24) is 5.32 Å². The van der Waals surface area contributed by atoms with Gasteiger partial charge in [0, 0.05) is 18.8 Å². The van der Waals surface area contributed by atoms with Crippen molar-refractivity contribution >= 4 is 5.91 Å². The third-order valence-electron chi connectivity index (χ3n) is 2.07. The molecule has 13 heavy (non-hydrogen) atoms. The standard InChI is InChI=1S/C9H11F2NO/c1-3-6(2)12-8(13)7-4-9(10,11)5-7/h1,6-7H,4-5H2,2H3,(H,12,13). The third kappa shape index (κ3) is 2.41. The maximum absolute atomic E-state index is 12.3. The van der Waals surface area contributed by atoms with E-state index in [4.69, 9.17) is 6.42 Å². The van der Waals surface area contributed by atoms with Crippen LogP contribution in [0, 0.1) is 18.3 Å². The van der Waals surface area contributed by atoms with Crippen molar-refractivity contribution in [2.75, 3.05) is 0 Å². The van der Waals surface area contributed by atoms with Crippen LogP contribution in [0.2, 0.25) is 0 Å². The Hall–Kier alpha value is -1.11. The molecule has 0 aromatic carbocycles. The van der Waals surface area contributed by atoms with Crippen molar-refractivity contribution < 1.29 is 13.6 Å². The minimum atomic E-state index is -2.65. The number of halogens is 2. The number of amides is 1. The van der Waals surface area contributed by atoms with Crippen molar-refractivity contribution in [2.45, 2.75) is 31.7 Å². The van der Waals surface area contributed by atoms with E-state index >= 15 is 0 Å². The molecule has 1 rings (SSSR count). The van der Waals surface area contributed by atoms with Gasteiger partial charge in [0.05, 0.1) is 6.04 Å². The Morgan fingerprint density at radius 3 is 2.62 bits per heavy atom. The fourth-order valence-electron chi connectivity index (χ4n) is 1.22. The molecule has 1 N–H and O–H groups in total. The molecule has 0 saturated heterocycles. The Morgan fingerprint density at radius 1 is 1.69 bits per heavy atom. The Kier molecular flexibility index (Phi) is 2.55. The van der Waals surface area contributed by atoms with Crippen molar-refractivity contribution in [3.05, 3.63) is 0 Å². The first kappa shape index (κ1) is 9.97. The number of carbonyl (C=O) groups excluding carboxylic acids is 1. The zero-order valence-corrected chi connectivity index (χ0v) is 7.31. The summed E-state index contributed by atoms with van der Waals surface area (Å²) in [6.07, 6.45) is 4.32. The molecule has 0 aromatic rings. The van der Waals surface area contributed by atoms with E-state index in [1.165, 1.54) is 0 Å². The second kappa shape index (κ2) is 3.33. The number of hydrogen-bond donors (Lipinski definition) is 1. The van der Waals surface area contributed by atoms with Gasteiger partial charge in [0.15, 0.2) is 0 Å². The van der Waals surface area contributed by atoms with Gasteiger partial charge in [0.1, 0.15) is 0 Å². The summed E-state index contributed by atoms with van der Waals surface area (Å²) in [6, 6.07) is -0.387. The number of carbonyl (C=O) groups is 1. The Labute approximate surface area is 75.7 Å². The smallest absolute Gasteiger partial charge is 0.249 e. The van der Waals surface area contributed by atoms with E-state index in [1.807, 2.05) is 0 Å². The van der Waals surface area contributed by atoms with Gasteiger partial charge < -0.3 is 5.32 Å². The highest BCUT2D eigenvalue weighted by molar-refractivity contribution is 5.80. The lowest BCUT2D eigenvalue weighted by Crippen LogP contribution is -2.46. The molecule has 0 radical (unpaired) electrons. The SMILES string of the molecule is C#CC(C)NC(=O)C1CC(F)(F)C1. The number of alkyl halides is 2. The first-order valence-corrected chi connectivity index (χ1v) is 4.09. The molecule has 4 heteroatoms. The van der Waals surface area contributed by atoms with E-state index in [0.29, 0.717) is 0 Å². The van der Waals surface area contributed by atoms with Crippen LogP contribution in [0.3, 0.4) is 0 Å². The fourth-order valence-corrected chi connectivity index (χ4v) is 1.22. The quantitative estimate of drug-likeness (QED) is 0.646. The van der Waals surface area contributed by atoms with Crippen LogP contribution in [-0.4, -0.2) is 17.9 Å². The normalized spacial score (nSPS) is 22.6. The van der Waals surface area contributed by atoms with Crippen LogP contribution in [0.1, 0.15) is 19.8 Å². The fraction of sp³-hybridized carbons (Fsp3) is 0.667. The van der Waals surface area contributed by atoms with Gasteiger partial charge in [-0.05, 0) is 6.92 Å². The van der Waals surface area contributed by atoms with E-state index in [-0.39, 0.29) is 24.8 Å². The van der Waals surface area contributed by atoms with Gasteiger partial charge >= 0.3 is 0 Å². The topological polar surface area (TPSA) is 29.1 Å². The summed E-state index contributed by atoms with van der Waals surface area (Å²) < 4.78 is 24.7. The molecular formula is C9H11F2NO. The lowest BCUT2D eigenvalue weighted by molar-refractivity contribution is -0.150. The van der Waals surface area contributed by atoms with Gasteiger partial charge in [0.2, 0.25) is 11.8 Å². The summed E-state index contributed by atoms with van der Waals surface area (Å²) >= 11 is 0. The van der Waals surface area contributed by atoms with Crippen molar-refractivity contribution in [2.24, 2.45) is 5.92 Å². The second-order valence-electron chi connectivity index (χ2n) is 3.36. The molecule has 1 unspecified atom stereocenters. The Bertz CT molecular complexity index is 249. The van der Waals surface area contributed by atoms with Gasteiger partial charge in [-0.2, -0.15) is 0 Å². The summed E-state index contributed by atoms with van der Waals surface area (Å²) in [6.45, 7) is 1.63. The van der Waals surface area contributed by atoms with E-state index < -0.39 is 11.8 Å². The molecule has 0 aromatic heterocycles. The number of rotatable bonds is 2. The largest absolute Gasteiger partial charge is 0.343 e. The second-order valence-corrected chi connectivity index (χ2v) is 3.36. The predicted molar refractivity (Wildman–Crippen MR) is 44.1 cm³/mol. The maximum Gasteiger partial charge on any atom is 0.249 e.